The first-order chi connectivity index (χ1) is 35.7. The number of aryl methyl sites for hydroxylation is 1. The first-order valence-corrected chi connectivity index (χ1v) is 24.9. The summed E-state index contributed by atoms with van der Waals surface area (Å²) < 4.78 is 37.3. The second-order valence-corrected chi connectivity index (χ2v) is 22.4. The van der Waals surface area contributed by atoms with Crippen molar-refractivity contribution in [2.45, 2.75) is 85.4 Å². The fraction of sp³-hybridized carbons (Fsp3) is 0.194. The summed E-state index contributed by atoms with van der Waals surface area (Å²) in [4.78, 5) is 7.12. The minimum Gasteiger partial charge on any atom is -0.509 e. The third-order valence-electron chi connectivity index (χ3n) is 14.4. The number of nitrogens with zero attached hydrogens (tertiary/aromatic N) is 4. The SMILES string of the molecule is [2H]C([2H])([2H])c1cc(-c2cccc3c4ccccc4c4ccccc4c4cc(C(C)(C)C)cc5c4n(c23)[CH-]N5c2[c-]c(Oc3[c-]c4c(cc3)c3ccccc3n4-c3cc(C(C)(C)C)ccn3)ccc2)cc(C(C)(C)C)c1.[Pt]. The molecule has 0 aliphatic carbocycles. The van der Waals surface area contributed by atoms with Crippen molar-refractivity contribution in [3.8, 4) is 28.4 Å². The molecule has 1 aliphatic rings. The van der Waals surface area contributed by atoms with Crippen molar-refractivity contribution in [2.24, 2.45) is 0 Å². The van der Waals surface area contributed by atoms with Crippen LogP contribution in [0.25, 0.3) is 82.1 Å². The van der Waals surface area contributed by atoms with Crippen LogP contribution in [0.4, 0.5) is 11.4 Å². The van der Waals surface area contributed by atoms with E-state index in [-0.39, 0.29) is 37.3 Å². The molecule has 1 aliphatic heterocycles. The van der Waals surface area contributed by atoms with Crippen LogP contribution in [0, 0.1) is 25.7 Å². The zero-order chi connectivity index (χ0) is 52.3. The summed E-state index contributed by atoms with van der Waals surface area (Å²) in [5.41, 5.74) is 10.5. The van der Waals surface area contributed by atoms with Gasteiger partial charge in [-0.05, 0) is 131 Å². The van der Waals surface area contributed by atoms with E-state index >= 15 is 0 Å². The monoisotopic (exact) mass is 1130 g/mol. The average Bonchev–Trinajstić information content (AvgIpc) is 3.98. The van der Waals surface area contributed by atoms with Gasteiger partial charge in [-0.1, -0.05) is 188 Å². The van der Waals surface area contributed by atoms with Crippen molar-refractivity contribution < 1.29 is 29.9 Å². The van der Waals surface area contributed by atoms with Crippen LogP contribution in [0.3, 0.4) is 0 Å². The van der Waals surface area contributed by atoms with E-state index in [0.29, 0.717) is 17.1 Å². The Labute approximate surface area is 447 Å². The van der Waals surface area contributed by atoms with E-state index in [1.54, 1.807) is 0 Å². The Hall–Kier alpha value is -7.33. The Morgan fingerprint density at radius 3 is 1.84 bits per heavy atom. The number of hydrogen-bond donors (Lipinski definition) is 0. The van der Waals surface area contributed by atoms with Crippen molar-refractivity contribution in [1.82, 2.24) is 14.1 Å². The van der Waals surface area contributed by atoms with E-state index in [0.717, 1.165) is 99.0 Å². The molecular weight excluding hydrogens is 1070 g/mol. The van der Waals surface area contributed by atoms with Crippen molar-refractivity contribution in [2.75, 3.05) is 4.90 Å². The van der Waals surface area contributed by atoms with E-state index in [4.69, 9.17) is 13.8 Å². The molecule has 73 heavy (non-hydrogen) atoms. The zero-order valence-electron chi connectivity index (χ0n) is 45.8. The van der Waals surface area contributed by atoms with Crippen LogP contribution in [0.1, 0.15) is 88.7 Å². The number of fused-ring (bicyclic) bond motifs is 10. The van der Waals surface area contributed by atoms with Crippen LogP contribution in [-0.4, -0.2) is 14.1 Å². The number of hydrogen-bond acceptors (Lipinski definition) is 3. The fourth-order valence-electron chi connectivity index (χ4n) is 10.6. The number of para-hydroxylation sites is 2. The Morgan fingerprint density at radius 2 is 1.14 bits per heavy atom. The minimum absolute atomic E-state index is 0. The minimum atomic E-state index is -2.31. The summed E-state index contributed by atoms with van der Waals surface area (Å²) in [6.07, 6.45) is 1.89. The third kappa shape index (κ3) is 8.32. The second-order valence-electron chi connectivity index (χ2n) is 22.4. The summed E-state index contributed by atoms with van der Waals surface area (Å²) in [6, 6.07) is 64.6. The summed E-state index contributed by atoms with van der Waals surface area (Å²) >= 11 is 0. The molecule has 0 bridgehead atoms. The predicted molar refractivity (Wildman–Crippen MR) is 303 cm³/mol. The number of anilines is 2. The van der Waals surface area contributed by atoms with E-state index in [2.05, 4.69) is 229 Å². The molecule has 0 atom stereocenters. The molecule has 8 aromatic carbocycles. The van der Waals surface area contributed by atoms with Gasteiger partial charge in [-0.2, -0.15) is 12.1 Å². The number of rotatable bonds is 5. The molecular formula is C67H59N4OPt-3. The molecule has 0 amide bonds. The van der Waals surface area contributed by atoms with Crippen LogP contribution < -0.4 is 9.64 Å². The maximum Gasteiger partial charge on any atom is 0.135 e. The predicted octanol–water partition coefficient (Wildman–Crippen LogP) is 18.1. The molecule has 0 N–H and O–H groups in total. The van der Waals surface area contributed by atoms with E-state index in [1.807, 2.05) is 36.5 Å². The maximum atomic E-state index is 8.67. The van der Waals surface area contributed by atoms with Crippen molar-refractivity contribution in [3.05, 3.63) is 211 Å². The first-order valence-electron chi connectivity index (χ1n) is 26.4. The van der Waals surface area contributed by atoms with Crippen LogP contribution >= 0.6 is 0 Å². The van der Waals surface area contributed by atoms with Crippen LogP contribution in [0.2, 0.25) is 0 Å². The summed E-state index contributed by atoms with van der Waals surface area (Å²) in [5, 5.41) is 8.73. The third-order valence-corrected chi connectivity index (χ3v) is 14.4. The van der Waals surface area contributed by atoms with Gasteiger partial charge in [0, 0.05) is 54.1 Å². The number of ether oxygens (including phenoxy) is 1. The van der Waals surface area contributed by atoms with Gasteiger partial charge in [-0.3, -0.25) is 0 Å². The molecule has 0 saturated carbocycles. The van der Waals surface area contributed by atoms with Crippen LogP contribution in [0.5, 0.6) is 11.5 Å². The van der Waals surface area contributed by atoms with Crippen LogP contribution in [0.15, 0.2) is 170 Å². The van der Waals surface area contributed by atoms with Gasteiger partial charge in [-0.25, -0.2) is 4.98 Å². The zero-order valence-corrected chi connectivity index (χ0v) is 45.0. The topological polar surface area (TPSA) is 35.2 Å². The number of benzene rings is 8. The average molecular weight is 1130 g/mol. The molecule has 6 heteroatoms. The molecule has 0 spiro atoms. The quantitative estimate of drug-likeness (QED) is 0.161. The van der Waals surface area contributed by atoms with E-state index in [9.17, 15) is 0 Å². The van der Waals surface area contributed by atoms with Gasteiger partial charge < -0.3 is 18.8 Å². The van der Waals surface area contributed by atoms with Gasteiger partial charge in [0.05, 0.1) is 0 Å². The molecule has 0 unspecified atom stereocenters. The first kappa shape index (κ1) is 44.4. The molecule has 0 radical (unpaired) electrons. The Kier molecular flexibility index (Phi) is 10.8. The van der Waals surface area contributed by atoms with E-state index < -0.39 is 6.85 Å². The molecule has 11 aromatic rings. The molecule has 3 aromatic heterocycles. The van der Waals surface area contributed by atoms with Gasteiger partial charge in [0.2, 0.25) is 0 Å². The molecule has 0 saturated heterocycles. The van der Waals surface area contributed by atoms with Gasteiger partial charge in [-0.15, -0.1) is 35.7 Å². The van der Waals surface area contributed by atoms with Gasteiger partial charge in [0.15, 0.2) is 0 Å². The standard InChI is InChI=1S/C67H59N4O.Pt/c1-42-33-43(35-45(34-42)66(5,6)7)50-26-18-27-57-53-23-13-11-21-51(53)52-22-12-14-24-54(52)58-36-46(67(8,9)10)37-61-64(58)70(63(50)57)41-69(61)47-19-17-20-48(39-47)72-49-29-30-56-55-25-15-16-28-59(55)71(60(56)40-49)62-38-44(31-32-68-62)65(2,3)4;/h11-38,41H,1-10H3;/q-3;/i1D3;. The van der Waals surface area contributed by atoms with Gasteiger partial charge in [0.25, 0.3) is 0 Å². The summed E-state index contributed by atoms with van der Waals surface area (Å²) in [5.74, 6) is 1.92. The van der Waals surface area contributed by atoms with Crippen molar-refractivity contribution in [3.63, 3.8) is 0 Å². The smallest absolute Gasteiger partial charge is 0.135 e. The maximum absolute atomic E-state index is 8.67. The Bertz CT molecular complexity index is 4170. The summed E-state index contributed by atoms with van der Waals surface area (Å²) in [6.45, 7) is 19.7. The van der Waals surface area contributed by atoms with Gasteiger partial charge >= 0.3 is 0 Å². The Morgan fingerprint density at radius 1 is 0.521 bits per heavy atom. The number of pyridine rings is 1. The number of aromatic nitrogens is 3. The molecule has 5 nitrogen and oxygen atoms in total. The largest absolute Gasteiger partial charge is 0.509 e. The molecule has 12 rings (SSSR count). The molecule has 4 heterocycles. The van der Waals surface area contributed by atoms with Crippen molar-refractivity contribution >= 4 is 76.5 Å². The van der Waals surface area contributed by atoms with Crippen molar-refractivity contribution in [1.29, 1.82) is 0 Å². The van der Waals surface area contributed by atoms with Crippen LogP contribution in [-0.2, 0) is 37.3 Å². The van der Waals surface area contributed by atoms with E-state index in [1.165, 1.54) is 11.1 Å². The molecule has 0 fully saturated rings. The Balaban J connectivity index is 0.00000616. The summed E-state index contributed by atoms with van der Waals surface area (Å²) in [7, 11) is 0. The normalized spacial score (nSPS) is 13.5. The molecule has 366 valence electrons. The van der Waals surface area contributed by atoms with Gasteiger partial charge in [0.1, 0.15) is 5.82 Å². The second kappa shape index (κ2) is 17.7. The fourth-order valence-corrected chi connectivity index (χ4v) is 10.6.